The zero-order chi connectivity index (χ0) is 27.8. The minimum Gasteiger partial charge on any atom is -0.493 e. The lowest BCUT2D eigenvalue weighted by Crippen LogP contribution is -2.20. The van der Waals surface area contributed by atoms with E-state index in [0.717, 1.165) is 16.8 Å². The van der Waals surface area contributed by atoms with Gasteiger partial charge in [-0.15, -0.1) is 10.2 Å². The van der Waals surface area contributed by atoms with Crippen LogP contribution in [0, 0.1) is 6.92 Å². The Kier molecular flexibility index (Phi) is 8.95. The lowest BCUT2D eigenvalue weighted by atomic mass is 10.2. The predicted molar refractivity (Wildman–Crippen MR) is 149 cm³/mol. The van der Waals surface area contributed by atoms with Gasteiger partial charge in [-0.25, -0.2) is 5.43 Å². The number of carbonyl (C=O) groups excluding carboxylic acids is 2. The summed E-state index contributed by atoms with van der Waals surface area (Å²) in [5.41, 5.74) is 6.03. The number of hydrazone groups is 1. The van der Waals surface area contributed by atoms with Gasteiger partial charge in [0.1, 0.15) is 0 Å². The first kappa shape index (κ1) is 27.4. The fourth-order valence-electron chi connectivity index (χ4n) is 3.62. The standard InChI is InChI=1S/C28H27N5O5S/c1-18-10-12-22(13-11-18)33-27(21-8-6-5-7-9-21)31-32-28(33)39-17-25(35)30-29-16-20-14-23(36-3)26(38-19(2)34)24(15-20)37-4/h5-16H,17H2,1-4H3,(H,30,35)/b29-16+. The highest BCUT2D eigenvalue weighted by Crippen LogP contribution is 2.38. The molecule has 0 bridgehead atoms. The van der Waals surface area contributed by atoms with Crippen molar-refractivity contribution in [3.8, 4) is 34.3 Å². The molecule has 0 fully saturated rings. The molecular formula is C28H27N5O5S. The Labute approximate surface area is 230 Å². The van der Waals surface area contributed by atoms with Crippen LogP contribution < -0.4 is 19.6 Å². The number of benzene rings is 3. The number of esters is 1. The largest absolute Gasteiger partial charge is 0.493 e. The van der Waals surface area contributed by atoms with Gasteiger partial charge in [0.15, 0.2) is 22.5 Å². The third-order valence-corrected chi connectivity index (χ3v) is 6.35. The summed E-state index contributed by atoms with van der Waals surface area (Å²) in [6.07, 6.45) is 1.44. The number of amides is 1. The molecule has 0 radical (unpaired) electrons. The van der Waals surface area contributed by atoms with Crippen molar-refractivity contribution in [1.29, 1.82) is 0 Å². The van der Waals surface area contributed by atoms with E-state index in [4.69, 9.17) is 14.2 Å². The van der Waals surface area contributed by atoms with E-state index < -0.39 is 5.97 Å². The van der Waals surface area contributed by atoms with Crippen LogP contribution in [0.25, 0.3) is 17.1 Å². The summed E-state index contributed by atoms with van der Waals surface area (Å²) in [5, 5.41) is 13.4. The summed E-state index contributed by atoms with van der Waals surface area (Å²) in [5.74, 6) is 0.653. The molecule has 0 saturated carbocycles. The summed E-state index contributed by atoms with van der Waals surface area (Å²) in [4.78, 5) is 24.0. The quantitative estimate of drug-likeness (QED) is 0.102. The van der Waals surface area contributed by atoms with Crippen molar-refractivity contribution in [3.05, 3.63) is 77.9 Å². The minimum absolute atomic E-state index is 0.0636. The molecule has 4 rings (SSSR count). The van der Waals surface area contributed by atoms with Crippen molar-refractivity contribution in [2.75, 3.05) is 20.0 Å². The summed E-state index contributed by atoms with van der Waals surface area (Å²) >= 11 is 1.25. The fourth-order valence-corrected chi connectivity index (χ4v) is 4.37. The first-order chi connectivity index (χ1) is 18.9. The molecule has 11 heteroatoms. The van der Waals surface area contributed by atoms with Gasteiger partial charge in [-0.2, -0.15) is 5.10 Å². The maximum Gasteiger partial charge on any atom is 0.308 e. The van der Waals surface area contributed by atoms with Crippen molar-refractivity contribution < 1.29 is 23.8 Å². The number of ether oxygens (including phenoxy) is 3. The molecular weight excluding hydrogens is 518 g/mol. The van der Waals surface area contributed by atoms with Crippen LogP contribution in [-0.2, 0) is 9.59 Å². The van der Waals surface area contributed by atoms with Gasteiger partial charge in [0.25, 0.3) is 5.91 Å². The highest BCUT2D eigenvalue weighted by atomic mass is 32.2. The number of thioether (sulfide) groups is 1. The van der Waals surface area contributed by atoms with E-state index in [2.05, 4.69) is 20.7 Å². The van der Waals surface area contributed by atoms with Crippen LogP contribution in [0.1, 0.15) is 18.1 Å². The van der Waals surface area contributed by atoms with Crippen LogP contribution in [0.15, 0.2) is 77.0 Å². The second kappa shape index (κ2) is 12.7. The molecule has 0 aliphatic rings. The highest BCUT2D eigenvalue weighted by Gasteiger charge is 2.18. The smallest absolute Gasteiger partial charge is 0.308 e. The summed E-state index contributed by atoms with van der Waals surface area (Å²) < 4.78 is 17.7. The van der Waals surface area contributed by atoms with Crippen LogP contribution in [-0.4, -0.2) is 52.8 Å². The van der Waals surface area contributed by atoms with Gasteiger partial charge in [-0.3, -0.25) is 14.2 Å². The normalized spacial score (nSPS) is 10.9. The number of aryl methyl sites for hydroxylation is 1. The average Bonchev–Trinajstić information content (AvgIpc) is 3.37. The number of nitrogens with one attached hydrogen (secondary N) is 1. The van der Waals surface area contributed by atoms with E-state index >= 15 is 0 Å². The van der Waals surface area contributed by atoms with Gasteiger partial charge in [0.05, 0.1) is 26.2 Å². The Hall–Kier alpha value is -4.64. The van der Waals surface area contributed by atoms with E-state index in [0.29, 0.717) is 16.5 Å². The van der Waals surface area contributed by atoms with E-state index in [9.17, 15) is 9.59 Å². The van der Waals surface area contributed by atoms with Crippen molar-refractivity contribution in [2.24, 2.45) is 5.10 Å². The molecule has 1 amide bonds. The number of aromatic nitrogens is 3. The molecule has 0 unspecified atom stereocenters. The molecule has 0 atom stereocenters. The van der Waals surface area contributed by atoms with E-state index in [1.54, 1.807) is 12.1 Å². The third kappa shape index (κ3) is 6.82. The zero-order valence-corrected chi connectivity index (χ0v) is 22.7. The Morgan fingerprint density at radius 3 is 2.28 bits per heavy atom. The molecule has 1 aromatic heterocycles. The molecule has 1 heterocycles. The molecule has 4 aromatic rings. The molecule has 1 N–H and O–H groups in total. The topological polar surface area (TPSA) is 117 Å². The second-order valence-corrected chi connectivity index (χ2v) is 9.22. The Bertz CT molecular complexity index is 1460. The molecule has 39 heavy (non-hydrogen) atoms. The van der Waals surface area contributed by atoms with Gasteiger partial charge in [0.2, 0.25) is 5.75 Å². The highest BCUT2D eigenvalue weighted by molar-refractivity contribution is 7.99. The van der Waals surface area contributed by atoms with Gasteiger partial charge in [-0.05, 0) is 31.2 Å². The lowest BCUT2D eigenvalue weighted by Gasteiger charge is -2.13. The molecule has 0 saturated heterocycles. The van der Waals surface area contributed by atoms with E-state index in [1.165, 1.54) is 39.1 Å². The average molecular weight is 546 g/mol. The van der Waals surface area contributed by atoms with Gasteiger partial charge in [-0.1, -0.05) is 59.8 Å². The zero-order valence-electron chi connectivity index (χ0n) is 21.9. The number of hydrogen-bond acceptors (Lipinski definition) is 9. The summed E-state index contributed by atoms with van der Waals surface area (Å²) in [6.45, 7) is 3.31. The monoisotopic (exact) mass is 545 g/mol. The second-order valence-electron chi connectivity index (χ2n) is 8.27. The van der Waals surface area contributed by atoms with Gasteiger partial charge < -0.3 is 14.2 Å². The predicted octanol–water partition coefficient (Wildman–Crippen LogP) is 4.43. The first-order valence-electron chi connectivity index (χ1n) is 11.9. The van der Waals surface area contributed by atoms with E-state index in [-0.39, 0.29) is 28.9 Å². The third-order valence-electron chi connectivity index (χ3n) is 5.42. The molecule has 3 aromatic carbocycles. The fraction of sp³-hybridized carbons (Fsp3) is 0.179. The number of hydrogen-bond donors (Lipinski definition) is 1. The van der Waals surface area contributed by atoms with Crippen LogP contribution in [0.3, 0.4) is 0 Å². The lowest BCUT2D eigenvalue weighted by molar-refractivity contribution is -0.132. The van der Waals surface area contributed by atoms with Crippen LogP contribution >= 0.6 is 11.8 Å². The molecule has 10 nitrogen and oxygen atoms in total. The number of rotatable bonds is 10. The van der Waals surface area contributed by atoms with Crippen molar-refractivity contribution in [1.82, 2.24) is 20.2 Å². The maximum atomic E-state index is 12.6. The van der Waals surface area contributed by atoms with Gasteiger partial charge in [0, 0.05) is 23.7 Å². The minimum atomic E-state index is -0.508. The van der Waals surface area contributed by atoms with Crippen LogP contribution in [0.2, 0.25) is 0 Å². The molecule has 0 aliphatic heterocycles. The summed E-state index contributed by atoms with van der Waals surface area (Å²) in [6, 6.07) is 21.0. The molecule has 0 aliphatic carbocycles. The Morgan fingerprint density at radius 1 is 1.00 bits per heavy atom. The van der Waals surface area contributed by atoms with Crippen molar-refractivity contribution >= 4 is 29.9 Å². The van der Waals surface area contributed by atoms with Crippen molar-refractivity contribution in [3.63, 3.8) is 0 Å². The van der Waals surface area contributed by atoms with E-state index in [1.807, 2.05) is 66.1 Å². The number of carbonyl (C=O) groups is 2. The van der Waals surface area contributed by atoms with Crippen LogP contribution in [0.5, 0.6) is 17.2 Å². The summed E-state index contributed by atoms with van der Waals surface area (Å²) in [7, 11) is 2.89. The molecule has 200 valence electrons. The number of methoxy groups -OCH3 is 2. The number of nitrogens with zero attached hydrogens (tertiary/aromatic N) is 4. The molecule has 0 spiro atoms. The first-order valence-corrected chi connectivity index (χ1v) is 12.8. The van der Waals surface area contributed by atoms with Crippen LogP contribution in [0.4, 0.5) is 0 Å². The maximum absolute atomic E-state index is 12.6. The Morgan fingerprint density at radius 2 is 1.67 bits per heavy atom. The SMILES string of the molecule is COc1cc(/C=N/NC(=O)CSc2nnc(-c3ccccc3)n2-c2ccc(C)cc2)cc(OC)c1OC(C)=O. The van der Waals surface area contributed by atoms with Gasteiger partial charge >= 0.3 is 5.97 Å². The van der Waals surface area contributed by atoms with Crippen molar-refractivity contribution in [2.45, 2.75) is 19.0 Å². The Balaban J connectivity index is 1.47.